The van der Waals surface area contributed by atoms with E-state index < -0.39 is 0 Å². The van der Waals surface area contributed by atoms with Gasteiger partial charge in [0.25, 0.3) is 0 Å². The summed E-state index contributed by atoms with van der Waals surface area (Å²) in [4.78, 5) is 0. The zero-order chi connectivity index (χ0) is 42.3. The van der Waals surface area contributed by atoms with Gasteiger partial charge in [-0.2, -0.15) is 0 Å². The van der Waals surface area contributed by atoms with E-state index in [0.717, 1.165) is 58.7 Å². The minimum Gasteiger partial charge on any atom is -0.455 e. The summed E-state index contributed by atoms with van der Waals surface area (Å²) in [5, 5.41) is 7.35. The molecular formula is C62H40N2O. The Morgan fingerprint density at radius 2 is 1.06 bits per heavy atom. The molecule has 3 aromatic heterocycles. The number of benzene rings is 9. The van der Waals surface area contributed by atoms with Crippen molar-refractivity contribution < 1.29 is 4.42 Å². The van der Waals surface area contributed by atoms with Gasteiger partial charge in [-0.3, -0.25) is 0 Å². The monoisotopic (exact) mass is 828 g/mol. The lowest BCUT2D eigenvalue weighted by molar-refractivity contribution is 0.670. The minimum atomic E-state index is 0.882. The Morgan fingerprint density at radius 3 is 1.91 bits per heavy atom. The van der Waals surface area contributed by atoms with E-state index in [-0.39, 0.29) is 0 Å². The van der Waals surface area contributed by atoms with Gasteiger partial charge < -0.3 is 13.6 Å². The average molecular weight is 829 g/mol. The maximum atomic E-state index is 6.51. The maximum Gasteiger partial charge on any atom is 0.143 e. The van der Waals surface area contributed by atoms with E-state index in [1.54, 1.807) is 5.57 Å². The van der Waals surface area contributed by atoms with Crippen molar-refractivity contribution in [3.63, 3.8) is 0 Å². The van der Waals surface area contributed by atoms with Gasteiger partial charge in [-0.1, -0.05) is 133 Å². The summed E-state index contributed by atoms with van der Waals surface area (Å²) >= 11 is 0. The van der Waals surface area contributed by atoms with Gasteiger partial charge in [-0.05, 0) is 141 Å². The summed E-state index contributed by atoms with van der Waals surface area (Å²) in [6.07, 6.45) is 8.89. The molecule has 0 aliphatic heterocycles. The maximum absolute atomic E-state index is 6.51. The van der Waals surface area contributed by atoms with Crippen LogP contribution in [0, 0.1) is 0 Å². The highest BCUT2D eigenvalue weighted by atomic mass is 16.3. The highest BCUT2D eigenvalue weighted by Gasteiger charge is 2.27. The van der Waals surface area contributed by atoms with Crippen molar-refractivity contribution in [2.75, 3.05) is 0 Å². The fourth-order valence-corrected chi connectivity index (χ4v) is 12.0. The molecule has 304 valence electrons. The third-order valence-corrected chi connectivity index (χ3v) is 14.9. The number of para-hydroxylation sites is 4. The van der Waals surface area contributed by atoms with E-state index in [4.69, 9.17) is 4.42 Å². The van der Waals surface area contributed by atoms with Crippen LogP contribution in [-0.4, -0.2) is 9.13 Å². The van der Waals surface area contributed by atoms with Crippen LogP contribution in [-0.2, 0) is 12.8 Å². The van der Waals surface area contributed by atoms with Crippen LogP contribution in [0.15, 0.2) is 204 Å². The second-order valence-corrected chi connectivity index (χ2v) is 18.2. The molecule has 0 saturated heterocycles. The van der Waals surface area contributed by atoms with Crippen molar-refractivity contribution in [1.82, 2.24) is 9.13 Å². The molecule has 0 atom stereocenters. The molecule has 0 amide bonds. The molecule has 15 rings (SSSR count). The van der Waals surface area contributed by atoms with Crippen molar-refractivity contribution in [3.05, 3.63) is 222 Å². The Hall–Kier alpha value is -8.14. The zero-order valence-electron chi connectivity index (χ0n) is 35.6. The average Bonchev–Trinajstić information content (AvgIpc) is 4.18. The molecule has 0 fully saturated rings. The molecule has 0 saturated carbocycles. The van der Waals surface area contributed by atoms with E-state index in [1.165, 1.54) is 105 Å². The highest BCUT2D eigenvalue weighted by molar-refractivity contribution is 6.14. The number of allylic oxidation sites excluding steroid dienone is 4. The molecule has 12 aromatic rings. The summed E-state index contributed by atoms with van der Waals surface area (Å²) < 4.78 is 11.5. The Kier molecular flexibility index (Phi) is 7.18. The van der Waals surface area contributed by atoms with Gasteiger partial charge in [0.05, 0.1) is 27.8 Å². The number of aromatic nitrogens is 2. The zero-order valence-corrected chi connectivity index (χ0v) is 35.6. The van der Waals surface area contributed by atoms with Gasteiger partial charge in [0, 0.05) is 50.0 Å². The van der Waals surface area contributed by atoms with Crippen LogP contribution in [0.25, 0.3) is 116 Å². The fourth-order valence-electron chi connectivity index (χ4n) is 12.0. The number of fused-ring (bicyclic) bond motifs is 14. The molecule has 3 aliphatic carbocycles. The van der Waals surface area contributed by atoms with Crippen LogP contribution in [0.4, 0.5) is 0 Å². The molecule has 3 heterocycles. The third-order valence-electron chi connectivity index (χ3n) is 14.9. The number of rotatable bonds is 4. The van der Waals surface area contributed by atoms with Crippen molar-refractivity contribution in [2.45, 2.75) is 25.7 Å². The van der Waals surface area contributed by atoms with Crippen LogP contribution < -0.4 is 0 Å². The predicted octanol–water partition coefficient (Wildman–Crippen LogP) is 16.3. The fraction of sp³-hybridized carbons (Fsp3) is 0.0645. The molecule has 0 unspecified atom stereocenters. The first-order valence-corrected chi connectivity index (χ1v) is 23.0. The van der Waals surface area contributed by atoms with Gasteiger partial charge in [0.2, 0.25) is 0 Å². The van der Waals surface area contributed by atoms with Crippen molar-refractivity contribution >= 4 is 71.1 Å². The highest BCUT2D eigenvalue weighted by Crippen LogP contribution is 2.47. The number of hydrogen-bond donors (Lipinski definition) is 0. The first-order chi connectivity index (χ1) is 32.2. The van der Waals surface area contributed by atoms with E-state index in [2.05, 4.69) is 197 Å². The van der Waals surface area contributed by atoms with Gasteiger partial charge >= 0.3 is 0 Å². The van der Waals surface area contributed by atoms with Crippen molar-refractivity contribution in [1.29, 1.82) is 0 Å². The smallest absolute Gasteiger partial charge is 0.143 e. The van der Waals surface area contributed by atoms with Gasteiger partial charge in [-0.15, -0.1) is 0 Å². The normalized spacial score (nSPS) is 14.1. The molecular weight excluding hydrogens is 789 g/mol. The lowest BCUT2D eigenvalue weighted by Crippen LogP contribution is -1.99. The first-order valence-electron chi connectivity index (χ1n) is 23.0. The summed E-state index contributed by atoms with van der Waals surface area (Å²) in [5.74, 6) is 0. The van der Waals surface area contributed by atoms with Crippen LogP contribution in [0.1, 0.15) is 35.1 Å². The Balaban J connectivity index is 0.850. The summed E-state index contributed by atoms with van der Waals surface area (Å²) in [6, 6.07) is 67.7. The largest absolute Gasteiger partial charge is 0.455 e. The van der Waals surface area contributed by atoms with Gasteiger partial charge in [-0.25, -0.2) is 0 Å². The number of hydrogen-bond acceptors (Lipinski definition) is 1. The summed E-state index contributed by atoms with van der Waals surface area (Å²) in [6.45, 7) is 0. The number of furan rings is 1. The lowest BCUT2D eigenvalue weighted by atomic mass is 9.93. The van der Waals surface area contributed by atoms with Gasteiger partial charge in [0.1, 0.15) is 11.2 Å². The van der Waals surface area contributed by atoms with Gasteiger partial charge in [0.15, 0.2) is 0 Å². The van der Waals surface area contributed by atoms with Crippen LogP contribution in [0.3, 0.4) is 0 Å². The van der Waals surface area contributed by atoms with E-state index in [1.807, 2.05) is 6.07 Å². The molecule has 9 aromatic carbocycles. The van der Waals surface area contributed by atoms with Crippen molar-refractivity contribution in [2.24, 2.45) is 0 Å². The van der Waals surface area contributed by atoms with Crippen molar-refractivity contribution in [3.8, 4) is 44.8 Å². The predicted molar refractivity (Wildman–Crippen MR) is 271 cm³/mol. The Labute approximate surface area is 375 Å². The molecule has 65 heavy (non-hydrogen) atoms. The van der Waals surface area contributed by atoms with E-state index in [0.29, 0.717) is 0 Å². The summed E-state index contributed by atoms with van der Waals surface area (Å²) in [5.41, 5.74) is 25.4. The quantitative estimate of drug-likeness (QED) is 0.173. The Morgan fingerprint density at radius 1 is 0.415 bits per heavy atom. The Bertz CT molecular complexity index is 4120. The number of nitrogens with zero attached hydrogens (tertiary/aromatic N) is 2. The molecule has 3 aliphatic rings. The summed E-state index contributed by atoms with van der Waals surface area (Å²) in [7, 11) is 0. The third kappa shape index (κ3) is 4.95. The molecule has 0 N–H and O–H groups in total. The second-order valence-electron chi connectivity index (χ2n) is 18.2. The molecule has 0 radical (unpaired) electrons. The SMILES string of the molecule is C1=CC2=C(CC1)c1cccc(-c3ccc4c(c3)c3ccccc3n4-c3ccc4c(c3)-c3cccc(-n5c6ccccc6c6cc(-c7cccc8c7oc7ccccc78)ccc65)c3C4)c1C2. The molecule has 0 spiro atoms. The van der Waals surface area contributed by atoms with Crippen LogP contribution in [0.2, 0.25) is 0 Å². The standard InChI is InChI=1S/C62H40N2O/c1-2-13-42-37(12-1)32-52-43(17-9-19-45(42)52)38-27-30-59-54(33-38)47-14-3-6-22-56(47)63(59)41-29-26-40-35-53-46(51(40)36-41)20-11-24-58(53)64-57-23-7-4-15-48(57)55-34-39(28-31-60(55)64)44-18-10-21-50-49-16-5-8-25-61(49)65-62(44)50/h1,3-12,14-31,33-34,36H,2,13,32,35H2. The lowest BCUT2D eigenvalue weighted by Gasteiger charge is -2.14. The topological polar surface area (TPSA) is 23.0 Å². The van der Waals surface area contributed by atoms with Crippen LogP contribution >= 0.6 is 0 Å². The molecule has 3 heteroatoms. The molecule has 0 bridgehead atoms. The second kappa shape index (κ2) is 13.2. The van der Waals surface area contributed by atoms with Crippen LogP contribution in [0.5, 0.6) is 0 Å². The van der Waals surface area contributed by atoms with E-state index >= 15 is 0 Å². The minimum absolute atomic E-state index is 0.882. The van der Waals surface area contributed by atoms with E-state index in [9.17, 15) is 0 Å². The molecule has 3 nitrogen and oxygen atoms in total. The first kappa shape index (κ1) is 35.3.